The Morgan fingerprint density at radius 1 is 1.15 bits per heavy atom. The molecule has 1 aromatic heterocycles. The maximum atomic E-state index is 12.2. The number of ketones is 1. The number of nitriles is 1. The Kier molecular flexibility index (Phi) is 5.52. The minimum atomic E-state index is -0.540. The highest BCUT2D eigenvalue weighted by Crippen LogP contribution is 2.24. The Hall–Kier alpha value is -2.88. The van der Waals surface area contributed by atoms with Gasteiger partial charge in [0.05, 0.1) is 11.4 Å². The molecular weight excluding hydrogens is 370 g/mol. The number of nitrogens with one attached hydrogen (secondary N) is 1. The molecule has 26 heavy (non-hydrogen) atoms. The van der Waals surface area contributed by atoms with Crippen molar-refractivity contribution in [3.05, 3.63) is 81.1 Å². The number of H-pyrrole nitrogens is 1. The second-order valence-corrected chi connectivity index (χ2v) is 6.69. The van der Waals surface area contributed by atoms with E-state index in [4.69, 9.17) is 11.6 Å². The molecule has 0 aliphatic rings. The van der Waals surface area contributed by atoms with Crippen LogP contribution in [0.1, 0.15) is 15.9 Å². The summed E-state index contributed by atoms with van der Waals surface area (Å²) in [6.45, 7) is 0. The van der Waals surface area contributed by atoms with Gasteiger partial charge in [-0.2, -0.15) is 5.26 Å². The van der Waals surface area contributed by atoms with Crippen molar-refractivity contribution in [1.29, 1.82) is 5.26 Å². The molecule has 1 heterocycles. The molecule has 0 amide bonds. The zero-order valence-electron chi connectivity index (χ0n) is 13.4. The number of aromatic amines is 1. The van der Waals surface area contributed by atoms with Gasteiger partial charge in [-0.25, -0.2) is 4.98 Å². The van der Waals surface area contributed by atoms with Gasteiger partial charge in [-0.05, 0) is 12.1 Å². The molecule has 0 saturated heterocycles. The third-order valence-electron chi connectivity index (χ3n) is 3.56. The maximum Gasteiger partial charge on any atom is 0.270 e. The number of halogens is 1. The Bertz CT molecular complexity index is 1040. The number of carbonyl (C=O) groups is 1. The molecule has 3 rings (SSSR count). The molecule has 0 fully saturated rings. The average Bonchev–Trinajstić information content (AvgIpc) is 2.67. The lowest BCUT2D eigenvalue weighted by molar-refractivity contribution is 0.102. The summed E-state index contributed by atoms with van der Waals surface area (Å²) in [6.07, 6.45) is 0. The predicted octanol–water partition coefficient (Wildman–Crippen LogP) is 3.94. The predicted molar refractivity (Wildman–Crippen MR) is 102 cm³/mol. The average molecular weight is 382 g/mol. The fourth-order valence-electron chi connectivity index (χ4n) is 2.28. The molecule has 128 valence electrons. The number of benzene rings is 2. The van der Waals surface area contributed by atoms with Crippen molar-refractivity contribution in [2.45, 2.75) is 5.16 Å². The van der Waals surface area contributed by atoms with Crippen molar-refractivity contribution >= 4 is 29.1 Å². The zero-order valence-corrected chi connectivity index (χ0v) is 15.0. The normalized spacial score (nSPS) is 10.3. The Labute approximate surface area is 158 Å². The summed E-state index contributed by atoms with van der Waals surface area (Å²) >= 11 is 7.00. The van der Waals surface area contributed by atoms with E-state index in [1.807, 2.05) is 12.1 Å². The van der Waals surface area contributed by atoms with Crippen LogP contribution >= 0.6 is 23.4 Å². The van der Waals surface area contributed by atoms with Crippen LogP contribution in [0, 0.1) is 11.3 Å². The summed E-state index contributed by atoms with van der Waals surface area (Å²) in [7, 11) is 0. The molecule has 2 aromatic carbocycles. The highest BCUT2D eigenvalue weighted by molar-refractivity contribution is 7.99. The highest BCUT2D eigenvalue weighted by atomic mass is 35.5. The Balaban J connectivity index is 1.89. The molecule has 0 radical (unpaired) electrons. The van der Waals surface area contributed by atoms with Crippen LogP contribution in [-0.4, -0.2) is 21.5 Å². The molecule has 0 atom stereocenters. The van der Waals surface area contributed by atoms with Crippen molar-refractivity contribution < 1.29 is 4.79 Å². The van der Waals surface area contributed by atoms with Crippen molar-refractivity contribution in [2.24, 2.45) is 0 Å². The molecule has 0 bridgehead atoms. The Morgan fingerprint density at radius 3 is 2.50 bits per heavy atom. The number of rotatable bonds is 5. The summed E-state index contributed by atoms with van der Waals surface area (Å²) < 4.78 is 0. The highest BCUT2D eigenvalue weighted by Gasteiger charge is 2.15. The van der Waals surface area contributed by atoms with E-state index in [1.54, 1.807) is 48.5 Å². The van der Waals surface area contributed by atoms with Gasteiger partial charge in [0, 0.05) is 16.1 Å². The van der Waals surface area contributed by atoms with Crippen LogP contribution < -0.4 is 5.56 Å². The molecular formula is C19H12ClN3O2S. The minimum absolute atomic E-state index is 0.0735. The van der Waals surface area contributed by atoms with Crippen LogP contribution in [-0.2, 0) is 0 Å². The molecule has 0 spiro atoms. The molecule has 5 nitrogen and oxygen atoms in total. The molecule has 0 saturated carbocycles. The third-order valence-corrected chi connectivity index (χ3v) is 4.69. The van der Waals surface area contributed by atoms with Gasteiger partial charge >= 0.3 is 0 Å². The fourth-order valence-corrected chi connectivity index (χ4v) is 3.16. The summed E-state index contributed by atoms with van der Waals surface area (Å²) in [4.78, 5) is 31.3. The van der Waals surface area contributed by atoms with E-state index in [-0.39, 0.29) is 27.9 Å². The summed E-state index contributed by atoms with van der Waals surface area (Å²) in [6, 6.07) is 17.5. The second-order valence-electron chi connectivity index (χ2n) is 5.29. The number of aromatic nitrogens is 2. The van der Waals surface area contributed by atoms with Crippen LogP contribution in [0.5, 0.6) is 0 Å². The molecule has 0 aliphatic heterocycles. The largest absolute Gasteiger partial charge is 0.300 e. The molecule has 0 aliphatic carbocycles. The number of nitrogens with zero attached hydrogens (tertiary/aromatic N) is 2. The molecule has 3 aromatic rings. The molecule has 1 N–H and O–H groups in total. The van der Waals surface area contributed by atoms with Crippen molar-refractivity contribution in [3.8, 4) is 17.3 Å². The standard InChI is InChI=1S/C19H12ClN3O2S/c20-14-8-6-13(7-9-14)17-15(10-21)18(25)23-19(22-17)26-11-16(24)12-4-2-1-3-5-12/h1-9H,11H2,(H,22,23,25). The van der Waals surface area contributed by atoms with E-state index in [0.717, 1.165) is 11.8 Å². The van der Waals surface area contributed by atoms with Crippen molar-refractivity contribution in [1.82, 2.24) is 9.97 Å². The SMILES string of the molecule is N#Cc1c(-c2ccc(Cl)cc2)nc(SCC(=O)c2ccccc2)[nH]c1=O. The number of carbonyl (C=O) groups excluding carboxylic acids is 1. The molecule has 0 unspecified atom stereocenters. The lowest BCUT2D eigenvalue weighted by Gasteiger charge is -2.06. The first-order valence-electron chi connectivity index (χ1n) is 7.60. The van der Waals surface area contributed by atoms with Crippen LogP contribution in [0.3, 0.4) is 0 Å². The number of Topliss-reactive ketones (excluding diaryl/α,β-unsaturated/α-hetero) is 1. The van der Waals surface area contributed by atoms with Crippen LogP contribution in [0.4, 0.5) is 0 Å². The minimum Gasteiger partial charge on any atom is -0.300 e. The van der Waals surface area contributed by atoms with E-state index in [1.165, 1.54) is 0 Å². The number of hydrogen-bond acceptors (Lipinski definition) is 5. The zero-order chi connectivity index (χ0) is 18.5. The lowest BCUT2D eigenvalue weighted by Crippen LogP contribution is -2.15. The fraction of sp³-hybridized carbons (Fsp3) is 0.0526. The van der Waals surface area contributed by atoms with Crippen LogP contribution in [0.25, 0.3) is 11.3 Å². The van der Waals surface area contributed by atoms with Crippen molar-refractivity contribution in [3.63, 3.8) is 0 Å². The van der Waals surface area contributed by atoms with E-state index in [9.17, 15) is 14.9 Å². The van der Waals surface area contributed by atoms with E-state index in [2.05, 4.69) is 9.97 Å². The van der Waals surface area contributed by atoms with Crippen LogP contribution in [0.15, 0.2) is 64.5 Å². The first-order chi connectivity index (χ1) is 12.6. The first kappa shape index (κ1) is 17.9. The van der Waals surface area contributed by atoms with Crippen LogP contribution in [0.2, 0.25) is 5.02 Å². The van der Waals surface area contributed by atoms with Gasteiger partial charge in [-0.15, -0.1) is 0 Å². The second kappa shape index (κ2) is 8.00. The summed E-state index contributed by atoms with van der Waals surface area (Å²) in [5, 5.41) is 10.1. The third kappa shape index (κ3) is 4.02. The molecule has 7 heteroatoms. The first-order valence-corrected chi connectivity index (χ1v) is 8.96. The van der Waals surface area contributed by atoms with Gasteiger partial charge in [0.1, 0.15) is 11.6 Å². The smallest absolute Gasteiger partial charge is 0.270 e. The lowest BCUT2D eigenvalue weighted by atomic mass is 10.1. The van der Waals surface area contributed by atoms with Gasteiger partial charge in [0.25, 0.3) is 5.56 Å². The topological polar surface area (TPSA) is 86.6 Å². The van der Waals surface area contributed by atoms with E-state index in [0.29, 0.717) is 16.1 Å². The number of thioether (sulfide) groups is 1. The van der Waals surface area contributed by atoms with Gasteiger partial charge in [-0.1, -0.05) is 65.8 Å². The monoisotopic (exact) mass is 381 g/mol. The summed E-state index contributed by atoms with van der Waals surface area (Å²) in [5.41, 5.74) is 0.845. The van der Waals surface area contributed by atoms with Crippen molar-refractivity contribution in [2.75, 3.05) is 5.75 Å². The summed E-state index contributed by atoms with van der Waals surface area (Å²) in [5.74, 6) is 0.0504. The van der Waals surface area contributed by atoms with Gasteiger partial charge in [-0.3, -0.25) is 9.59 Å². The van der Waals surface area contributed by atoms with Gasteiger partial charge in [0.15, 0.2) is 10.9 Å². The number of hydrogen-bond donors (Lipinski definition) is 1. The Morgan fingerprint density at radius 2 is 1.85 bits per heavy atom. The van der Waals surface area contributed by atoms with E-state index < -0.39 is 5.56 Å². The van der Waals surface area contributed by atoms with Gasteiger partial charge in [0.2, 0.25) is 0 Å². The van der Waals surface area contributed by atoms with Gasteiger partial charge < -0.3 is 4.98 Å². The quantitative estimate of drug-likeness (QED) is 0.411. The maximum absolute atomic E-state index is 12.2. The van der Waals surface area contributed by atoms with E-state index >= 15 is 0 Å².